The number of halogens is 1. The molecule has 2 aromatic heterocycles. The molecular formula is C18H20ClN5O2S2. The average molecular weight is 438 g/mol. The summed E-state index contributed by atoms with van der Waals surface area (Å²) in [4.78, 5) is 9.05. The van der Waals surface area contributed by atoms with Crippen molar-refractivity contribution >= 4 is 33.0 Å². The van der Waals surface area contributed by atoms with Gasteiger partial charge in [-0.3, -0.25) is 0 Å². The van der Waals surface area contributed by atoms with Crippen LogP contribution in [0.1, 0.15) is 16.4 Å². The van der Waals surface area contributed by atoms with E-state index >= 15 is 0 Å². The van der Waals surface area contributed by atoms with Crippen molar-refractivity contribution in [1.82, 2.24) is 24.2 Å². The number of hydrogen-bond donors (Lipinski definition) is 1. The lowest BCUT2D eigenvalue weighted by Gasteiger charge is -2.19. The number of sulfonamides is 1. The van der Waals surface area contributed by atoms with E-state index in [4.69, 9.17) is 11.6 Å². The summed E-state index contributed by atoms with van der Waals surface area (Å²) in [6.45, 7) is 1.32. The van der Waals surface area contributed by atoms with Crippen molar-refractivity contribution in [2.24, 2.45) is 7.05 Å². The van der Waals surface area contributed by atoms with Crippen LogP contribution in [0.5, 0.6) is 0 Å². The van der Waals surface area contributed by atoms with Crippen LogP contribution in [0.15, 0.2) is 53.4 Å². The van der Waals surface area contributed by atoms with Crippen LogP contribution in [0, 0.1) is 0 Å². The number of aryl methyl sites for hydroxylation is 1. The van der Waals surface area contributed by atoms with Gasteiger partial charge in [-0.15, -0.1) is 11.3 Å². The van der Waals surface area contributed by atoms with Crippen LogP contribution in [0.25, 0.3) is 0 Å². The summed E-state index contributed by atoms with van der Waals surface area (Å²) in [6, 6.07) is 9.94. The molecule has 28 heavy (non-hydrogen) atoms. The Morgan fingerprint density at radius 2 is 2.04 bits per heavy atom. The summed E-state index contributed by atoms with van der Waals surface area (Å²) in [5, 5.41) is 4.05. The van der Waals surface area contributed by atoms with E-state index in [1.165, 1.54) is 28.2 Å². The maximum atomic E-state index is 13.1. The highest BCUT2D eigenvalue weighted by Gasteiger charge is 2.40. The van der Waals surface area contributed by atoms with Gasteiger partial charge in [0.25, 0.3) is 10.0 Å². The first-order chi connectivity index (χ1) is 13.4. The van der Waals surface area contributed by atoms with Gasteiger partial charge in [0.2, 0.25) is 0 Å². The number of thiazole rings is 1. The third-order valence-corrected chi connectivity index (χ3v) is 7.90. The highest BCUT2D eigenvalue weighted by Crippen LogP contribution is 2.32. The van der Waals surface area contributed by atoms with E-state index in [0.29, 0.717) is 24.8 Å². The molecule has 2 unspecified atom stereocenters. The molecule has 1 fully saturated rings. The van der Waals surface area contributed by atoms with Crippen molar-refractivity contribution < 1.29 is 8.42 Å². The maximum absolute atomic E-state index is 13.1. The van der Waals surface area contributed by atoms with E-state index < -0.39 is 10.0 Å². The topological polar surface area (TPSA) is 80.1 Å². The van der Waals surface area contributed by atoms with Crippen LogP contribution in [0.3, 0.4) is 0 Å². The summed E-state index contributed by atoms with van der Waals surface area (Å²) in [5.41, 5.74) is 2.81. The molecule has 7 nitrogen and oxygen atoms in total. The molecule has 0 spiro atoms. The van der Waals surface area contributed by atoms with E-state index in [2.05, 4.69) is 15.3 Å². The largest absolute Gasteiger partial charge is 0.339 e. The molecule has 10 heteroatoms. The fourth-order valence-electron chi connectivity index (χ4n) is 3.46. The van der Waals surface area contributed by atoms with E-state index in [-0.39, 0.29) is 17.0 Å². The maximum Gasteiger partial charge on any atom is 0.262 e. The SMILES string of the molecule is Cn1cnc(S(=O)(=O)N2CC(NCc3scnc3Cl)C(c3ccccc3)C2)c1. The second kappa shape index (κ2) is 7.92. The van der Waals surface area contributed by atoms with Crippen molar-refractivity contribution in [3.05, 3.63) is 64.0 Å². The minimum Gasteiger partial charge on any atom is -0.339 e. The smallest absolute Gasteiger partial charge is 0.262 e. The van der Waals surface area contributed by atoms with Crippen molar-refractivity contribution in [1.29, 1.82) is 0 Å². The molecule has 1 aliphatic heterocycles. The van der Waals surface area contributed by atoms with Gasteiger partial charge in [0.15, 0.2) is 5.03 Å². The number of benzene rings is 1. The Morgan fingerprint density at radius 3 is 2.68 bits per heavy atom. The van der Waals surface area contributed by atoms with Crippen LogP contribution in [0.2, 0.25) is 5.15 Å². The second-order valence-electron chi connectivity index (χ2n) is 6.77. The van der Waals surface area contributed by atoms with Crippen LogP contribution in [-0.4, -0.2) is 46.4 Å². The Labute approximate surface area is 173 Å². The molecule has 0 amide bonds. The third kappa shape index (κ3) is 3.85. The monoisotopic (exact) mass is 437 g/mol. The highest BCUT2D eigenvalue weighted by atomic mass is 35.5. The van der Waals surface area contributed by atoms with Gasteiger partial charge in [-0.1, -0.05) is 41.9 Å². The minimum atomic E-state index is -3.65. The lowest BCUT2D eigenvalue weighted by atomic mass is 9.94. The summed E-state index contributed by atoms with van der Waals surface area (Å²) in [6.07, 6.45) is 3.03. The van der Waals surface area contributed by atoms with Crippen LogP contribution < -0.4 is 5.32 Å². The van der Waals surface area contributed by atoms with Crippen molar-refractivity contribution in [3.8, 4) is 0 Å². The van der Waals surface area contributed by atoms with Gasteiger partial charge in [-0.25, -0.2) is 18.4 Å². The Hall–Kier alpha value is -1.78. The van der Waals surface area contributed by atoms with E-state index in [1.54, 1.807) is 17.1 Å². The fourth-order valence-corrected chi connectivity index (χ4v) is 5.83. The first-order valence-corrected chi connectivity index (χ1v) is 11.5. The van der Waals surface area contributed by atoms with Gasteiger partial charge >= 0.3 is 0 Å². The second-order valence-corrected chi connectivity index (χ2v) is 9.95. The number of rotatable bonds is 6. The molecule has 4 rings (SSSR count). The third-order valence-electron chi connectivity index (χ3n) is 4.92. The average Bonchev–Trinajstić information content (AvgIpc) is 3.41. The van der Waals surface area contributed by atoms with E-state index in [1.807, 2.05) is 30.3 Å². The molecule has 1 saturated heterocycles. The predicted octanol–water partition coefficient (Wildman–Crippen LogP) is 2.48. The van der Waals surface area contributed by atoms with Crippen LogP contribution >= 0.6 is 22.9 Å². The van der Waals surface area contributed by atoms with Gasteiger partial charge in [0, 0.05) is 44.8 Å². The van der Waals surface area contributed by atoms with Gasteiger partial charge in [0.05, 0.1) is 16.7 Å². The first kappa shape index (κ1) is 19.5. The Balaban J connectivity index is 1.58. The zero-order chi connectivity index (χ0) is 19.7. The van der Waals surface area contributed by atoms with Crippen LogP contribution in [0.4, 0.5) is 0 Å². The van der Waals surface area contributed by atoms with Crippen molar-refractivity contribution in [3.63, 3.8) is 0 Å². The summed E-state index contributed by atoms with van der Waals surface area (Å²) in [5.74, 6) is 0.0337. The number of nitrogens with zero attached hydrogens (tertiary/aromatic N) is 4. The number of aromatic nitrogens is 3. The van der Waals surface area contributed by atoms with Crippen molar-refractivity contribution in [2.45, 2.75) is 23.5 Å². The number of imidazole rings is 1. The molecule has 2 atom stereocenters. The quantitative estimate of drug-likeness (QED) is 0.640. The molecule has 1 aliphatic rings. The standard InChI is InChI=1S/C18H20ClN5O2S2/c1-23-10-17(21-11-23)28(25,26)24-8-14(13-5-3-2-4-6-13)15(9-24)20-7-16-18(19)22-12-27-16/h2-6,10-12,14-15,20H,7-9H2,1H3. The first-order valence-electron chi connectivity index (χ1n) is 8.79. The molecule has 3 aromatic rings. The zero-order valence-electron chi connectivity index (χ0n) is 15.2. The normalized spacial score (nSPS) is 20.6. The lowest BCUT2D eigenvalue weighted by Crippen LogP contribution is -2.36. The van der Waals surface area contributed by atoms with Crippen molar-refractivity contribution in [2.75, 3.05) is 13.1 Å². The molecule has 1 N–H and O–H groups in total. The summed E-state index contributed by atoms with van der Waals surface area (Å²) in [7, 11) is -1.89. The Bertz CT molecular complexity index is 1050. The van der Waals surface area contributed by atoms with Gasteiger partial charge in [-0.05, 0) is 5.56 Å². The Morgan fingerprint density at radius 1 is 1.25 bits per heavy atom. The zero-order valence-corrected chi connectivity index (χ0v) is 17.6. The minimum absolute atomic E-state index is 0.0337. The highest BCUT2D eigenvalue weighted by molar-refractivity contribution is 7.89. The predicted molar refractivity (Wildman–Crippen MR) is 109 cm³/mol. The summed E-state index contributed by atoms with van der Waals surface area (Å²) >= 11 is 7.59. The van der Waals surface area contributed by atoms with E-state index in [9.17, 15) is 8.42 Å². The van der Waals surface area contributed by atoms with E-state index in [0.717, 1.165) is 10.4 Å². The lowest BCUT2D eigenvalue weighted by molar-refractivity contribution is 0.454. The Kier molecular flexibility index (Phi) is 5.52. The molecule has 0 saturated carbocycles. The molecule has 0 radical (unpaired) electrons. The number of nitrogens with one attached hydrogen (secondary N) is 1. The summed E-state index contributed by atoms with van der Waals surface area (Å²) < 4.78 is 29.3. The van der Waals surface area contributed by atoms with Gasteiger partial charge < -0.3 is 9.88 Å². The van der Waals surface area contributed by atoms with Crippen LogP contribution in [-0.2, 0) is 23.6 Å². The van der Waals surface area contributed by atoms with Gasteiger partial charge in [0.1, 0.15) is 5.15 Å². The fraction of sp³-hybridized carbons (Fsp3) is 0.333. The molecule has 148 valence electrons. The molecule has 0 bridgehead atoms. The molecule has 0 aliphatic carbocycles. The molecule has 1 aromatic carbocycles. The molecule has 3 heterocycles. The molecular weight excluding hydrogens is 418 g/mol. The number of hydrogen-bond acceptors (Lipinski definition) is 6. The van der Waals surface area contributed by atoms with Gasteiger partial charge in [-0.2, -0.15) is 4.31 Å².